The Labute approximate surface area is 109 Å². The lowest BCUT2D eigenvalue weighted by Gasteiger charge is -2.28. The van der Waals surface area contributed by atoms with Gasteiger partial charge in [0.05, 0.1) is 25.0 Å². The highest BCUT2D eigenvalue weighted by atomic mass is 16.5. The molecular formula is C14H24O4. The number of carbonyl (C=O) groups excluding carboxylic acids is 2. The summed E-state index contributed by atoms with van der Waals surface area (Å²) in [6.45, 7) is 6.56. The molecule has 0 aromatic rings. The number of ether oxygens (including phenoxy) is 2. The molecule has 0 amide bonds. The molecule has 0 aromatic carbocycles. The van der Waals surface area contributed by atoms with Crippen molar-refractivity contribution in [1.29, 1.82) is 0 Å². The Morgan fingerprint density at radius 3 is 2.00 bits per heavy atom. The van der Waals surface area contributed by atoms with Crippen LogP contribution in [0.3, 0.4) is 0 Å². The van der Waals surface area contributed by atoms with E-state index in [-0.39, 0.29) is 23.8 Å². The van der Waals surface area contributed by atoms with Crippen LogP contribution in [0.4, 0.5) is 0 Å². The van der Waals surface area contributed by atoms with Crippen LogP contribution in [-0.4, -0.2) is 25.2 Å². The summed E-state index contributed by atoms with van der Waals surface area (Å²) < 4.78 is 10.3. The van der Waals surface area contributed by atoms with E-state index in [0.29, 0.717) is 19.1 Å². The summed E-state index contributed by atoms with van der Waals surface area (Å²) >= 11 is 0. The van der Waals surface area contributed by atoms with Gasteiger partial charge in [-0.1, -0.05) is 26.7 Å². The van der Waals surface area contributed by atoms with Crippen LogP contribution in [0.25, 0.3) is 0 Å². The molecule has 1 aliphatic carbocycles. The van der Waals surface area contributed by atoms with Crippen LogP contribution >= 0.6 is 0 Å². The second-order valence-electron chi connectivity index (χ2n) is 5.27. The smallest absolute Gasteiger partial charge is 0.309 e. The van der Waals surface area contributed by atoms with E-state index in [0.717, 1.165) is 25.7 Å². The van der Waals surface area contributed by atoms with Crippen molar-refractivity contribution in [3.63, 3.8) is 0 Å². The Morgan fingerprint density at radius 2 is 1.56 bits per heavy atom. The van der Waals surface area contributed by atoms with E-state index in [2.05, 4.69) is 0 Å². The Kier molecular flexibility index (Phi) is 6.16. The maximum absolute atomic E-state index is 12.0. The molecule has 0 radical (unpaired) electrons. The van der Waals surface area contributed by atoms with Gasteiger partial charge in [-0.25, -0.2) is 0 Å². The van der Waals surface area contributed by atoms with Gasteiger partial charge in [0.25, 0.3) is 0 Å². The Bertz CT molecular complexity index is 286. The molecule has 0 saturated heterocycles. The zero-order valence-corrected chi connectivity index (χ0v) is 11.6. The highest BCUT2D eigenvalue weighted by Crippen LogP contribution is 2.32. The van der Waals surface area contributed by atoms with Gasteiger partial charge < -0.3 is 9.47 Å². The standard InChI is InChI=1S/C14H24O4/c1-4-17-13(15)11-7-5-6-8-12(11)14(16)18-9-10(2)3/h10-12H,4-9H2,1-3H3. The molecule has 4 heteroatoms. The van der Waals surface area contributed by atoms with Crippen LogP contribution in [0.15, 0.2) is 0 Å². The third-order valence-corrected chi connectivity index (χ3v) is 3.22. The lowest BCUT2D eigenvalue weighted by atomic mass is 9.79. The normalized spacial score (nSPS) is 23.8. The summed E-state index contributed by atoms with van der Waals surface area (Å²) in [5.41, 5.74) is 0. The number of rotatable bonds is 5. The van der Waals surface area contributed by atoms with Crippen molar-refractivity contribution in [2.24, 2.45) is 17.8 Å². The van der Waals surface area contributed by atoms with E-state index in [1.54, 1.807) is 6.92 Å². The number of esters is 2. The monoisotopic (exact) mass is 256 g/mol. The van der Waals surface area contributed by atoms with E-state index in [1.165, 1.54) is 0 Å². The Hall–Kier alpha value is -1.06. The molecule has 1 fully saturated rings. The minimum Gasteiger partial charge on any atom is -0.466 e. The lowest BCUT2D eigenvalue weighted by Crippen LogP contribution is -2.35. The molecule has 18 heavy (non-hydrogen) atoms. The van der Waals surface area contributed by atoms with Crippen LogP contribution in [0.2, 0.25) is 0 Å². The highest BCUT2D eigenvalue weighted by molar-refractivity contribution is 5.82. The van der Waals surface area contributed by atoms with Crippen molar-refractivity contribution in [2.45, 2.75) is 46.5 Å². The maximum atomic E-state index is 12.0. The first-order valence-corrected chi connectivity index (χ1v) is 6.89. The van der Waals surface area contributed by atoms with Crippen molar-refractivity contribution in [1.82, 2.24) is 0 Å². The average molecular weight is 256 g/mol. The van der Waals surface area contributed by atoms with Crippen LogP contribution in [0, 0.1) is 17.8 Å². The van der Waals surface area contributed by atoms with E-state index in [1.807, 2.05) is 13.8 Å². The molecule has 2 unspecified atom stereocenters. The topological polar surface area (TPSA) is 52.6 Å². The molecule has 1 aliphatic rings. The summed E-state index contributed by atoms with van der Waals surface area (Å²) in [6, 6.07) is 0. The SMILES string of the molecule is CCOC(=O)C1CCCCC1C(=O)OCC(C)C. The quantitative estimate of drug-likeness (QED) is 0.709. The summed E-state index contributed by atoms with van der Waals surface area (Å²) in [5, 5.41) is 0. The van der Waals surface area contributed by atoms with Gasteiger partial charge >= 0.3 is 11.9 Å². The summed E-state index contributed by atoms with van der Waals surface area (Å²) in [7, 11) is 0. The van der Waals surface area contributed by atoms with Crippen molar-refractivity contribution >= 4 is 11.9 Å². The maximum Gasteiger partial charge on any atom is 0.309 e. The fourth-order valence-electron chi connectivity index (χ4n) is 2.30. The minimum absolute atomic E-state index is 0.235. The average Bonchev–Trinajstić information content (AvgIpc) is 2.36. The van der Waals surface area contributed by atoms with E-state index in [9.17, 15) is 9.59 Å². The molecule has 1 rings (SSSR count). The molecule has 0 N–H and O–H groups in total. The molecule has 0 bridgehead atoms. The van der Waals surface area contributed by atoms with Gasteiger partial charge in [-0.2, -0.15) is 0 Å². The number of carbonyl (C=O) groups is 2. The number of hydrogen-bond donors (Lipinski definition) is 0. The second-order valence-corrected chi connectivity index (χ2v) is 5.27. The third kappa shape index (κ3) is 4.31. The molecule has 0 aromatic heterocycles. The molecule has 104 valence electrons. The Morgan fingerprint density at radius 1 is 1.06 bits per heavy atom. The van der Waals surface area contributed by atoms with Crippen LogP contribution < -0.4 is 0 Å². The van der Waals surface area contributed by atoms with Crippen molar-refractivity contribution in [2.75, 3.05) is 13.2 Å². The van der Waals surface area contributed by atoms with Gasteiger partial charge in [0.2, 0.25) is 0 Å². The van der Waals surface area contributed by atoms with Crippen LogP contribution in [0.5, 0.6) is 0 Å². The predicted molar refractivity (Wildman–Crippen MR) is 67.9 cm³/mol. The van der Waals surface area contributed by atoms with E-state index >= 15 is 0 Å². The number of hydrogen-bond acceptors (Lipinski definition) is 4. The molecule has 1 saturated carbocycles. The minimum atomic E-state index is -0.309. The predicted octanol–water partition coefficient (Wildman–Crippen LogP) is 2.56. The summed E-state index contributed by atoms with van der Waals surface area (Å²) in [6.07, 6.45) is 3.44. The zero-order chi connectivity index (χ0) is 13.5. The lowest BCUT2D eigenvalue weighted by molar-refractivity contribution is -0.163. The fraction of sp³-hybridized carbons (Fsp3) is 0.857. The molecule has 4 nitrogen and oxygen atoms in total. The van der Waals surface area contributed by atoms with Gasteiger partial charge in [0.1, 0.15) is 0 Å². The van der Waals surface area contributed by atoms with E-state index < -0.39 is 0 Å². The van der Waals surface area contributed by atoms with Crippen molar-refractivity contribution < 1.29 is 19.1 Å². The second kappa shape index (κ2) is 7.39. The molecule has 0 aliphatic heterocycles. The van der Waals surface area contributed by atoms with Gasteiger partial charge in [0, 0.05) is 0 Å². The van der Waals surface area contributed by atoms with Gasteiger partial charge in [-0.3, -0.25) is 9.59 Å². The van der Waals surface area contributed by atoms with Crippen LogP contribution in [0.1, 0.15) is 46.5 Å². The van der Waals surface area contributed by atoms with Gasteiger partial charge in [0.15, 0.2) is 0 Å². The Balaban J connectivity index is 2.58. The molecule has 0 spiro atoms. The third-order valence-electron chi connectivity index (χ3n) is 3.22. The summed E-state index contributed by atoms with van der Waals surface area (Å²) in [5.74, 6) is -0.779. The largest absolute Gasteiger partial charge is 0.466 e. The first-order chi connectivity index (χ1) is 8.56. The highest BCUT2D eigenvalue weighted by Gasteiger charge is 2.37. The van der Waals surface area contributed by atoms with Crippen molar-refractivity contribution in [3.8, 4) is 0 Å². The summed E-state index contributed by atoms with van der Waals surface area (Å²) in [4.78, 5) is 23.8. The van der Waals surface area contributed by atoms with Crippen LogP contribution in [-0.2, 0) is 19.1 Å². The first kappa shape index (κ1) is 15.0. The molecule has 2 atom stereocenters. The van der Waals surface area contributed by atoms with Gasteiger partial charge in [-0.05, 0) is 25.7 Å². The van der Waals surface area contributed by atoms with Crippen molar-refractivity contribution in [3.05, 3.63) is 0 Å². The first-order valence-electron chi connectivity index (χ1n) is 6.89. The van der Waals surface area contributed by atoms with Gasteiger partial charge in [-0.15, -0.1) is 0 Å². The molecule has 0 heterocycles. The molecular weight excluding hydrogens is 232 g/mol. The fourth-order valence-corrected chi connectivity index (χ4v) is 2.30. The van der Waals surface area contributed by atoms with E-state index in [4.69, 9.17) is 9.47 Å². The zero-order valence-electron chi connectivity index (χ0n) is 11.6.